The summed E-state index contributed by atoms with van der Waals surface area (Å²) in [4.78, 5) is 28.1. The maximum Gasteiger partial charge on any atom is 0.221 e. The summed E-state index contributed by atoms with van der Waals surface area (Å²) in [5.41, 5.74) is 1.53. The average molecular weight is 328 g/mol. The summed E-state index contributed by atoms with van der Waals surface area (Å²) in [6.07, 6.45) is 2.12. The van der Waals surface area contributed by atoms with Gasteiger partial charge in [0.05, 0.1) is 11.1 Å². The van der Waals surface area contributed by atoms with Gasteiger partial charge in [0.2, 0.25) is 5.91 Å². The third kappa shape index (κ3) is 4.54. The number of carbonyl (C=O) groups is 2. The lowest BCUT2D eigenvalue weighted by Crippen LogP contribution is -2.21. The van der Waals surface area contributed by atoms with Gasteiger partial charge in [-0.2, -0.15) is 0 Å². The molecule has 0 bridgehead atoms. The van der Waals surface area contributed by atoms with Crippen LogP contribution < -0.4 is 5.32 Å². The van der Waals surface area contributed by atoms with Crippen molar-refractivity contribution in [3.8, 4) is 0 Å². The quantitative estimate of drug-likeness (QED) is 0.829. The maximum absolute atomic E-state index is 12.4. The number of para-hydroxylation sites is 1. The van der Waals surface area contributed by atoms with Crippen molar-refractivity contribution in [1.29, 1.82) is 0 Å². The van der Waals surface area contributed by atoms with E-state index in [1.807, 2.05) is 39.0 Å². The van der Waals surface area contributed by atoms with Crippen molar-refractivity contribution in [3.63, 3.8) is 0 Å². The summed E-state index contributed by atoms with van der Waals surface area (Å²) < 4.78 is 0. The first kappa shape index (κ1) is 17.9. The van der Waals surface area contributed by atoms with Crippen molar-refractivity contribution in [2.24, 2.45) is 4.99 Å². The molecular weight excluding hydrogens is 304 g/mol. The van der Waals surface area contributed by atoms with Crippen LogP contribution in [0.15, 0.2) is 40.6 Å². The molecular formula is C19H24N2O3. The molecule has 1 amide bonds. The van der Waals surface area contributed by atoms with Crippen LogP contribution in [0.2, 0.25) is 0 Å². The van der Waals surface area contributed by atoms with E-state index >= 15 is 0 Å². The van der Waals surface area contributed by atoms with E-state index in [-0.39, 0.29) is 40.9 Å². The second kappa shape index (κ2) is 6.99. The van der Waals surface area contributed by atoms with Crippen LogP contribution in [0, 0.1) is 0 Å². The van der Waals surface area contributed by atoms with E-state index in [9.17, 15) is 14.7 Å². The minimum Gasteiger partial charge on any atom is -0.511 e. The second-order valence-electron chi connectivity index (χ2n) is 7.09. The molecule has 128 valence electrons. The van der Waals surface area contributed by atoms with Gasteiger partial charge in [0.15, 0.2) is 5.78 Å². The van der Waals surface area contributed by atoms with E-state index in [1.165, 1.54) is 13.1 Å². The molecule has 5 heteroatoms. The normalized spacial score (nSPS) is 19.0. The second-order valence-corrected chi connectivity index (χ2v) is 7.09. The minimum atomic E-state index is -0.303. The number of rotatable bonds is 3. The Hall–Kier alpha value is -2.43. The summed E-state index contributed by atoms with van der Waals surface area (Å²) in [6.45, 7) is 7.24. The van der Waals surface area contributed by atoms with Crippen molar-refractivity contribution in [1.82, 2.24) is 0 Å². The Bertz CT molecular complexity index is 712. The smallest absolute Gasteiger partial charge is 0.221 e. The third-order valence-corrected chi connectivity index (χ3v) is 3.78. The summed E-state index contributed by atoms with van der Waals surface area (Å²) in [5.74, 6) is -0.397. The van der Waals surface area contributed by atoms with Crippen molar-refractivity contribution >= 4 is 23.6 Å². The average Bonchev–Trinajstić information content (AvgIpc) is 2.45. The monoisotopic (exact) mass is 328 g/mol. The van der Waals surface area contributed by atoms with E-state index in [0.29, 0.717) is 12.1 Å². The zero-order chi connectivity index (χ0) is 17.9. The van der Waals surface area contributed by atoms with E-state index in [2.05, 4.69) is 10.3 Å². The maximum atomic E-state index is 12.4. The zero-order valence-electron chi connectivity index (χ0n) is 14.6. The van der Waals surface area contributed by atoms with Crippen LogP contribution in [-0.2, 0) is 9.59 Å². The molecule has 1 aromatic rings. The molecule has 2 N–H and O–H groups in total. The van der Waals surface area contributed by atoms with Gasteiger partial charge in [0.25, 0.3) is 0 Å². The molecule has 0 fully saturated rings. The molecule has 0 heterocycles. The molecule has 24 heavy (non-hydrogen) atoms. The molecule has 1 aliphatic carbocycles. The summed E-state index contributed by atoms with van der Waals surface area (Å²) in [6, 6.07) is 7.38. The van der Waals surface area contributed by atoms with Crippen LogP contribution in [0.4, 0.5) is 5.69 Å². The fraction of sp³-hybridized carbons (Fsp3) is 0.421. The molecule has 0 spiro atoms. The molecule has 2 rings (SSSR count). The highest BCUT2D eigenvalue weighted by Crippen LogP contribution is 2.36. The van der Waals surface area contributed by atoms with Crippen LogP contribution in [0.25, 0.3) is 0 Å². The van der Waals surface area contributed by atoms with Gasteiger partial charge in [-0.1, -0.05) is 18.2 Å². The van der Waals surface area contributed by atoms with Crippen molar-refractivity contribution in [3.05, 3.63) is 41.2 Å². The standard InChI is InChI=1S/C19H24N2O3/c1-12(22)21-16-8-6-5-7-14(16)13-9-17(23)15(18(24)10-13)11-20-19(2,3)4/h5-8,11,13,23H,9-10H2,1-4H3,(H,21,22). The molecule has 0 saturated heterocycles. The topological polar surface area (TPSA) is 78.8 Å². The number of benzene rings is 1. The van der Waals surface area contributed by atoms with E-state index in [0.717, 1.165) is 5.56 Å². The summed E-state index contributed by atoms with van der Waals surface area (Å²) in [5, 5.41) is 13.1. The highest BCUT2D eigenvalue weighted by atomic mass is 16.3. The number of aliphatic imine (C=N–C) groups is 1. The number of aliphatic hydroxyl groups is 1. The van der Waals surface area contributed by atoms with Gasteiger partial charge in [-0.25, -0.2) is 0 Å². The molecule has 1 unspecified atom stereocenters. The summed E-state index contributed by atoms with van der Waals surface area (Å²) >= 11 is 0. The molecule has 1 aromatic carbocycles. The number of aliphatic hydroxyl groups excluding tert-OH is 1. The van der Waals surface area contributed by atoms with Gasteiger partial charge < -0.3 is 10.4 Å². The van der Waals surface area contributed by atoms with Crippen LogP contribution in [0.5, 0.6) is 0 Å². The van der Waals surface area contributed by atoms with Gasteiger partial charge in [0, 0.05) is 37.6 Å². The van der Waals surface area contributed by atoms with E-state index in [4.69, 9.17) is 0 Å². The predicted octanol–water partition coefficient (Wildman–Crippen LogP) is 3.77. The van der Waals surface area contributed by atoms with Crippen LogP contribution in [0.1, 0.15) is 52.0 Å². The van der Waals surface area contributed by atoms with Gasteiger partial charge in [-0.05, 0) is 32.4 Å². The van der Waals surface area contributed by atoms with Gasteiger partial charge >= 0.3 is 0 Å². The fourth-order valence-corrected chi connectivity index (χ4v) is 2.69. The first-order valence-corrected chi connectivity index (χ1v) is 8.04. The summed E-state index contributed by atoms with van der Waals surface area (Å²) in [7, 11) is 0. The molecule has 0 radical (unpaired) electrons. The highest BCUT2D eigenvalue weighted by molar-refractivity contribution is 6.14. The molecule has 5 nitrogen and oxygen atoms in total. The lowest BCUT2D eigenvalue weighted by atomic mass is 9.82. The number of carbonyl (C=O) groups excluding carboxylic acids is 2. The Morgan fingerprint density at radius 2 is 1.96 bits per heavy atom. The van der Waals surface area contributed by atoms with Crippen LogP contribution in [-0.4, -0.2) is 28.6 Å². The SMILES string of the molecule is CC(=O)Nc1ccccc1C1CC(=O)C(C=NC(C)(C)C)=C(O)C1. The molecule has 0 saturated carbocycles. The Morgan fingerprint density at radius 3 is 2.54 bits per heavy atom. The number of allylic oxidation sites excluding steroid dienone is 2. The van der Waals surface area contributed by atoms with Gasteiger partial charge in [-0.3, -0.25) is 14.6 Å². The Morgan fingerprint density at radius 1 is 1.29 bits per heavy atom. The van der Waals surface area contributed by atoms with Crippen molar-refractivity contribution in [2.75, 3.05) is 5.32 Å². The number of amides is 1. The number of nitrogens with one attached hydrogen (secondary N) is 1. The number of hydrogen-bond acceptors (Lipinski definition) is 4. The first-order valence-electron chi connectivity index (χ1n) is 8.04. The van der Waals surface area contributed by atoms with Gasteiger partial charge in [0.1, 0.15) is 5.76 Å². The van der Waals surface area contributed by atoms with E-state index < -0.39 is 0 Å². The number of anilines is 1. The van der Waals surface area contributed by atoms with Crippen molar-refractivity contribution in [2.45, 2.75) is 52.0 Å². The van der Waals surface area contributed by atoms with Crippen LogP contribution >= 0.6 is 0 Å². The Balaban J connectivity index is 2.29. The number of Topliss-reactive ketones (excluding diaryl/α,β-unsaturated/α-hetero) is 1. The molecule has 0 aliphatic heterocycles. The van der Waals surface area contributed by atoms with Crippen molar-refractivity contribution < 1.29 is 14.7 Å². The van der Waals surface area contributed by atoms with Gasteiger partial charge in [-0.15, -0.1) is 0 Å². The fourth-order valence-electron chi connectivity index (χ4n) is 2.69. The van der Waals surface area contributed by atoms with Crippen LogP contribution in [0.3, 0.4) is 0 Å². The lowest BCUT2D eigenvalue weighted by molar-refractivity contribution is -0.116. The number of hydrogen-bond donors (Lipinski definition) is 2. The first-order chi connectivity index (χ1) is 11.2. The minimum absolute atomic E-state index is 0.0573. The third-order valence-electron chi connectivity index (χ3n) is 3.78. The number of ketones is 1. The van der Waals surface area contributed by atoms with E-state index in [1.54, 1.807) is 6.07 Å². The number of nitrogens with zero attached hydrogens (tertiary/aromatic N) is 1. The Labute approximate surface area is 142 Å². The zero-order valence-corrected chi connectivity index (χ0v) is 14.6. The lowest BCUT2D eigenvalue weighted by Gasteiger charge is -2.24. The molecule has 1 atom stereocenters. The molecule has 0 aromatic heterocycles. The largest absolute Gasteiger partial charge is 0.511 e. The Kier molecular flexibility index (Phi) is 5.22. The molecule has 1 aliphatic rings. The highest BCUT2D eigenvalue weighted by Gasteiger charge is 2.29. The predicted molar refractivity (Wildman–Crippen MR) is 95.6 cm³/mol.